The monoisotopic (exact) mass is 289 g/mol. The van der Waals surface area contributed by atoms with Gasteiger partial charge in [-0.15, -0.1) is 0 Å². The quantitative estimate of drug-likeness (QED) is 0.832. The minimum atomic E-state index is -0.0894. The maximum atomic E-state index is 11.9. The van der Waals surface area contributed by atoms with Gasteiger partial charge in [-0.2, -0.15) is 0 Å². The number of likely N-dealkylation sites (N-methyl/N-ethyl adjacent to an activating group) is 1. The number of piperazine rings is 1. The normalized spacial score (nSPS) is 17.0. The van der Waals surface area contributed by atoms with Crippen molar-refractivity contribution >= 4 is 12.0 Å². The number of benzene rings is 1. The first-order valence-electron chi connectivity index (χ1n) is 7.32. The van der Waals surface area contributed by atoms with E-state index in [1.54, 1.807) is 12.2 Å². The van der Waals surface area contributed by atoms with Crippen LogP contribution in [0.5, 0.6) is 5.75 Å². The molecule has 1 saturated heterocycles. The van der Waals surface area contributed by atoms with Gasteiger partial charge in [0.2, 0.25) is 0 Å². The summed E-state index contributed by atoms with van der Waals surface area (Å²) in [7, 11) is 2.09. The average molecular weight is 289 g/mol. The first kappa shape index (κ1) is 15.5. The zero-order valence-electron chi connectivity index (χ0n) is 12.7. The Hall–Kier alpha value is -1.85. The lowest BCUT2D eigenvalue weighted by molar-refractivity contribution is -0.121. The second kappa shape index (κ2) is 7.81. The summed E-state index contributed by atoms with van der Waals surface area (Å²) >= 11 is 0. The molecule has 0 saturated carbocycles. The van der Waals surface area contributed by atoms with Crippen LogP contribution in [0.4, 0.5) is 0 Å². The molecule has 1 N–H and O–H groups in total. The predicted molar refractivity (Wildman–Crippen MR) is 83.9 cm³/mol. The molecular weight excluding hydrogens is 266 g/mol. The molecule has 1 amide bonds. The van der Waals surface area contributed by atoms with Crippen molar-refractivity contribution in [2.75, 3.05) is 39.8 Å². The number of rotatable bonds is 5. The number of carbonyl (C=O) groups excluding carboxylic acids is 1. The number of amides is 1. The minimum absolute atomic E-state index is 0.0894. The van der Waals surface area contributed by atoms with Crippen LogP contribution < -0.4 is 10.2 Å². The van der Waals surface area contributed by atoms with Crippen molar-refractivity contribution in [3.05, 3.63) is 35.9 Å². The summed E-state index contributed by atoms with van der Waals surface area (Å²) in [5.41, 5.74) is 3.88. The maximum Gasteiger partial charge on any atom is 0.258 e. The molecule has 1 aromatic rings. The van der Waals surface area contributed by atoms with Crippen LogP contribution in [0.15, 0.2) is 30.3 Å². The van der Waals surface area contributed by atoms with E-state index >= 15 is 0 Å². The van der Waals surface area contributed by atoms with Gasteiger partial charge in [0.25, 0.3) is 5.91 Å². The van der Waals surface area contributed by atoms with Crippen molar-refractivity contribution in [1.29, 1.82) is 0 Å². The Labute approximate surface area is 126 Å². The van der Waals surface area contributed by atoms with Crippen molar-refractivity contribution in [3.63, 3.8) is 0 Å². The fourth-order valence-electron chi connectivity index (χ4n) is 2.13. The van der Waals surface area contributed by atoms with E-state index in [2.05, 4.69) is 17.4 Å². The highest BCUT2D eigenvalue weighted by molar-refractivity contribution is 5.91. The van der Waals surface area contributed by atoms with Gasteiger partial charge in [-0.05, 0) is 37.7 Å². The van der Waals surface area contributed by atoms with Crippen LogP contribution in [0.3, 0.4) is 0 Å². The lowest BCUT2D eigenvalue weighted by atomic mass is 10.2. The summed E-state index contributed by atoms with van der Waals surface area (Å²) in [6.07, 6.45) is 3.37. The SMILES string of the molecule is CCOc1ccc(/C=C/C(=O)NN2CCN(C)CC2)cc1. The number of nitrogens with one attached hydrogen (secondary N) is 1. The molecule has 1 aliphatic rings. The fourth-order valence-corrected chi connectivity index (χ4v) is 2.13. The lowest BCUT2D eigenvalue weighted by Gasteiger charge is -2.31. The number of nitrogens with zero attached hydrogens (tertiary/aromatic N) is 2. The predicted octanol–water partition coefficient (Wildman–Crippen LogP) is 1.38. The van der Waals surface area contributed by atoms with Gasteiger partial charge in [0.15, 0.2) is 0 Å². The van der Waals surface area contributed by atoms with E-state index in [0.717, 1.165) is 37.5 Å². The number of ether oxygens (including phenoxy) is 1. The Kier molecular flexibility index (Phi) is 5.78. The fraction of sp³-hybridized carbons (Fsp3) is 0.438. The summed E-state index contributed by atoms with van der Waals surface area (Å²) in [5.74, 6) is 0.755. The van der Waals surface area contributed by atoms with Gasteiger partial charge in [0, 0.05) is 32.3 Å². The zero-order chi connectivity index (χ0) is 15.1. The van der Waals surface area contributed by atoms with Gasteiger partial charge in [0.05, 0.1) is 6.61 Å². The molecule has 0 aromatic heterocycles. The lowest BCUT2D eigenvalue weighted by Crippen LogP contribution is -2.52. The Bertz CT molecular complexity index is 477. The van der Waals surface area contributed by atoms with Crippen molar-refractivity contribution in [2.24, 2.45) is 0 Å². The number of hydrazine groups is 1. The van der Waals surface area contributed by atoms with Crippen LogP contribution in [0.25, 0.3) is 6.08 Å². The van der Waals surface area contributed by atoms with Gasteiger partial charge in [-0.1, -0.05) is 12.1 Å². The molecule has 1 aliphatic heterocycles. The Morgan fingerprint density at radius 3 is 2.52 bits per heavy atom. The number of hydrogen-bond donors (Lipinski definition) is 1. The summed E-state index contributed by atoms with van der Waals surface area (Å²) < 4.78 is 5.38. The molecule has 0 bridgehead atoms. The van der Waals surface area contributed by atoms with E-state index in [1.165, 1.54) is 0 Å². The molecule has 0 radical (unpaired) electrons. The van der Waals surface area contributed by atoms with Gasteiger partial charge in [-0.3, -0.25) is 10.2 Å². The third kappa shape index (κ3) is 5.21. The third-order valence-electron chi connectivity index (χ3n) is 3.39. The van der Waals surface area contributed by atoms with Crippen LogP contribution in [0.1, 0.15) is 12.5 Å². The van der Waals surface area contributed by atoms with E-state index in [9.17, 15) is 4.79 Å². The second-order valence-corrected chi connectivity index (χ2v) is 5.10. The Morgan fingerprint density at radius 1 is 1.24 bits per heavy atom. The molecule has 5 nitrogen and oxygen atoms in total. The average Bonchev–Trinajstić information content (AvgIpc) is 2.49. The van der Waals surface area contributed by atoms with Crippen LogP contribution in [-0.2, 0) is 4.79 Å². The summed E-state index contributed by atoms with van der Waals surface area (Å²) in [6.45, 7) is 6.28. The highest BCUT2D eigenvalue weighted by atomic mass is 16.5. The van der Waals surface area contributed by atoms with Crippen molar-refractivity contribution in [1.82, 2.24) is 15.3 Å². The molecule has 0 atom stereocenters. The van der Waals surface area contributed by atoms with Crippen molar-refractivity contribution in [3.8, 4) is 5.75 Å². The number of hydrogen-bond acceptors (Lipinski definition) is 4. The van der Waals surface area contributed by atoms with Crippen molar-refractivity contribution < 1.29 is 9.53 Å². The first-order valence-corrected chi connectivity index (χ1v) is 7.32. The van der Waals surface area contributed by atoms with Gasteiger partial charge < -0.3 is 9.64 Å². The highest BCUT2D eigenvalue weighted by Crippen LogP contribution is 2.12. The minimum Gasteiger partial charge on any atom is -0.494 e. The van der Waals surface area contributed by atoms with E-state index in [1.807, 2.05) is 36.2 Å². The van der Waals surface area contributed by atoms with Gasteiger partial charge in [0.1, 0.15) is 5.75 Å². The molecule has 0 unspecified atom stereocenters. The molecular formula is C16H23N3O2. The smallest absolute Gasteiger partial charge is 0.258 e. The van der Waals surface area contributed by atoms with Crippen LogP contribution in [0.2, 0.25) is 0 Å². The third-order valence-corrected chi connectivity index (χ3v) is 3.39. The van der Waals surface area contributed by atoms with Crippen molar-refractivity contribution in [2.45, 2.75) is 6.92 Å². The van der Waals surface area contributed by atoms with Crippen LogP contribution >= 0.6 is 0 Å². The molecule has 114 valence electrons. The molecule has 21 heavy (non-hydrogen) atoms. The second-order valence-electron chi connectivity index (χ2n) is 5.10. The highest BCUT2D eigenvalue weighted by Gasteiger charge is 2.14. The van der Waals surface area contributed by atoms with Crippen LogP contribution in [-0.4, -0.2) is 55.6 Å². The van der Waals surface area contributed by atoms with Crippen LogP contribution in [0, 0.1) is 0 Å². The summed E-state index contributed by atoms with van der Waals surface area (Å²) in [6, 6.07) is 7.68. The molecule has 2 rings (SSSR count). The molecule has 0 spiro atoms. The zero-order valence-corrected chi connectivity index (χ0v) is 12.7. The number of carbonyl (C=O) groups is 1. The Balaban J connectivity index is 1.81. The first-order chi connectivity index (χ1) is 10.2. The van der Waals surface area contributed by atoms with Gasteiger partial charge >= 0.3 is 0 Å². The molecule has 1 heterocycles. The molecule has 1 aromatic carbocycles. The van der Waals surface area contributed by atoms with Gasteiger partial charge in [-0.25, -0.2) is 5.01 Å². The standard InChI is InChI=1S/C16H23N3O2/c1-3-21-15-7-4-14(5-8-15)6-9-16(20)17-19-12-10-18(2)11-13-19/h4-9H,3,10-13H2,1-2H3,(H,17,20)/b9-6+. The summed E-state index contributed by atoms with van der Waals surface area (Å²) in [5, 5.41) is 1.96. The topological polar surface area (TPSA) is 44.8 Å². The molecule has 0 aliphatic carbocycles. The van der Waals surface area contributed by atoms with E-state index in [4.69, 9.17) is 4.74 Å². The summed E-state index contributed by atoms with van der Waals surface area (Å²) in [4.78, 5) is 14.1. The maximum absolute atomic E-state index is 11.9. The van der Waals surface area contributed by atoms with E-state index < -0.39 is 0 Å². The Morgan fingerprint density at radius 2 is 1.90 bits per heavy atom. The molecule has 5 heteroatoms. The molecule has 1 fully saturated rings. The van der Waals surface area contributed by atoms with E-state index in [0.29, 0.717) is 6.61 Å². The van der Waals surface area contributed by atoms with E-state index in [-0.39, 0.29) is 5.91 Å². The largest absolute Gasteiger partial charge is 0.494 e.